The maximum atomic E-state index is 12.8. The lowest BCUT2D eigenvalue weighted by Gasteiger charge is -2.06. The van der Waals surface area contributed by atoms with Crippen molar-refractivity contribution < 1.29 is 9.21 Å². The number of thiazole rings is 1. The van der Waals surface area contributed by atoms with Gasteiger partial charge in [-0.1, -0.05) is 18.2 Å². The Morgan fingerprint density at radius 2 is 2.15 bits per heavy atom. The number of hydrogen-bond acceptors (Lipinski definition) is 6. The molecule has 8 heteroatoms. The lowest BCUT2D eigenvalue weighted by Crippen LogP contribution is -2.13. The van der Waals surface area contributed by atoms with Crippen LogP contribution in [0.5, 0.6) is 0 Å². The molecule has 0 atom stereocenters. The van der Waals surface area contributed by atoms with E-state index in [2.05, 4.69) is 20.5 Å². The number of aryl methyl sites for hydroxylation is 1. The lowest BCUT2D eigenvalue weighted by molar-refractivity contribution is 0.102. The van der Waals surface area contributed by atoms with Crippen molar-refractivity contribution in [1.29, 1.82) is 0 Å². The first kappa shape index (κ1) is 15.7. The number of benzene rings is 1. The molecule has 0 unspecified atom stereocenters. The van der Waals surface area contributed by atoms with Crippen LogP contribution in [0.4, 0.5) is 5.13 Å². The van der Waals surface area contributed by atoms with Gasteiger partial charge < -0.3 is 4.42 Å². The van der Waals surface area contributed by atoms with E-state index in [1.54, 1.807) is 16.8 Å². The van der Waals surface area contributed by atoms with Gasteiger partial charge in [-0.3, -0.25) is 14.5 Å². The fraction of sp³-hybridized carbons (Fsp3) is 0.0526. The number of nitrogens with zero attached hydrogens (tertiary/aromatic N) is 4. The molecular formula is C19H13N5O2S. The van der Waals surface area contributed by atoms with Gasteiger partial charge in [-0.2, -0.15) is 0 Å². The topological polar surface area (TPSA) is 85.3 Å². The number of carbonyl (C=O) groups is 1. The zero-order chi connectivity index (χ0) is 18.4. The number of pyridine rings is 1. The molecule has 4 heterocycles. The maximum Gasteiger partial charge on any atom is 0.261 e. The van der Waals surface area contributed by atoms with Crippen LogP contribution in [0.2, 0.25) is 0 Å². The van der Waals surface area contributed by atoms with Gasteiger partial charge in [0.1, 0.15) is 17.7 Å². The molecular weight excluding hydrogens is 362 g/mol. The average Bonchev–Trinajstić information content (AvgIpc) is 3.39. The second kappa shape index (κ2) is 6.03. The molecule has 0 spiro atoms. The molecule has 0 fully saturated rings. The molecule has 0 radical (unpaired) electrons. The molecule has 0 aliphatic carbocycles. The predicted molar refractivity (Wildman–Crippen MR) is 103 cm³/mol. The van der Waals surface area contributed by atoms with E-state index < -0.39 is 0 Å². The summed E-state index contributed by atoms with van der Waals surface area (Å²) in [5.74, 6) is 0.381. The summed E-state index contributed by atoms with van der Waals surface area (Å²) >= 11 is 1.38. The summed E-state index contributed by atoms with van der Waals surface area (Å²) < 4.78 is 7.65. The molecule has 1 amide bonds. The Balaban J connectivity index is 1.61. The van der Waals surface area contributed by atoms with E-state index in [0.717, 1.165) is 22.2 Å². The van der Waals surface area contributed by atoms with E-state index in [1.807, 2.05) is 48.8 Å². The fourth-order valence-electron chi connectivity index (χ4n) is 2.94. The van der Waals surface area contributed by atoms with Crippen molar-refractivity contribution in [1.82, 2.24) is 19.6 Å². The highest BCUT2D eigenvalue weighted by molar-refractivity contribution is 7.13. The molecule has 0 bridgehead atoms. The number of hydrogen-bond donors (Lipinski definition) is 1. The molecule has 1 N–H and O–H groups in total. The van der Waals surface area contributed by atoms with Crippen LogP contribution in [0.3, 0.4) is 0 Å². The third-order valence-corrected chi connectivity index (χ3v) is 5.06. The first-order chi connectivity index (χ1) is 13.2. The van der Waals surface area contributed by atoms with Gasteiger partial charge in [-0.25, -0.2) is 4.98 Å². The minimum atomic E-state index is -0.291. The van der Waals surface area contributed by atoms with Crippen LogP contribution in [0, 0.1) is 6.92 Å². The van der Waals surface area contributed by atoms with Crippen LogP contribution in [-0.4, -0.2) is 25.5 Å². The molecule has 0 saturated heterocycles. The Hall–Kier alpha value is -3.52. The smallest absolute Gasteiger partial charge is 0.261 e. The van der Waals surface area contributed by atoms with Gasteiger partial charge in [-0.05, 0) is 25.1 Å². The molecule has 0 aliphatic heterocycles. The van der Waals surface area contributed by atoms with Crippen LogP contribution in [0.15, 0.2) is 58.7 Å². The quantitative estimate of drug-likeness (QED) is 0.512. The number of rotatable bonds is 3. The van der Waals surface area contributed by atoms with E-state index in [4.69, 9.17) is 4.42 Å². The summed E-state index contributed by atoms with van der Waals surface area (Å²) in [6.07, 6.45) is 3.41. The van der Waals surface area contributed by atoms with Crippen molar-refractivity contribution in [2.45, 2.75) is 6.92 Å². The highest BCUT2D eigenvalue weighted by atomic mass is 32.1. The number of amides is 1. The zero-order valence-electron chi connectivity index (χ0n) is 14.2. The zero-order valence-corrected chi connectivity index (χ0v) is 15.0. The summed E-state index contributed by atoms with van der Waals surface area (Å²) in [5.41, 5.74) is 3.29. The molecule has 132 valence electrons. The summed E-state index contributed by atoms with van der Waals surface area (Å²) in [6.45, 7) is 1.88. The molecule has 1 aromatic carbocycles. The Labute approximate surface area is 157 Å². The largest absolute Gasteiger partial charge is 0.456 e. The molecule has 5 aromatic rings. The van der Waals surface area contributed by atoms with Crippen molar-refractivity contribution in [2.24, 2.45) is 0 Å². The minimum Gasteiger partial charge on any atom is -0.456 e. The predicted octanol–water partition coefficient (Wildman–Crippen LogP) is 4.16. The van der Waals surface area contributed by atoms with Gasteiger partial charge in [0.05, 0.1) is 11.3 Å². The Bertz CT molecular complexity index is 1270. The van der Waals surface area contributed by atoms with Gasteiger partial charge in [0, 0.05) is 22.5 Å². The number of fused-ring (bicyclic) bond motifs is 2. The van der Waals surface area contributed by atoms with E-state index >= 15 is 0 Å². The van der Waals surface area contributed by atoms with Gasteiger partial charge in [0.15, 0.2) is 10.8 Å². The Kier molecular flexibility index (Phi) is 3.51. The fourth-order valence-corrected chi connectivity index (χ4v) is 3.62. The number of carbonyl (C=O) groups excluding carboxylic acids is 1. The summed E-state index contributed by atoms with van der Waals surface area (Å²) in [4.78, 5) is 17.1. The van der Waals surface area contributed by atoms with Crippen LogP contribution in [0.25, 0.3) is 27.9 Å². The molecule has 5 rings (SSSR count). The second-order valence-corrected chi connectivity index (χ2v) is 6.96. The highest BCUT2D eigenvalue weighted by Crippen LogP contribution is 2.29. The van der Waals surface area contributed by atoms with Crippen LogP contribution in [0.1, 0.15) is 16.1 Å². The molecule has 0 aliphatic rings. The molecule has 4 aromatic heterocycles. The lowest BCUT2D eigenvalue weighted by atomic mass is 10.1. The van der Waals surface area contributed by atoms with Crippen LogP contribution in [-0.2, 0) is 0 Å². The van der Waals surface area contributed by atoms with Crippen molar-refractivity contribution >= 4 is 39.0 Å². The van der Waals surface area contributed by atoms with Crippen molar-refractivity contribution in [3.05, 3.63) is 65.6 Å². The minimum absolute atomic E-state index is 0.291. The van der Waals surface area contributed by atoms with Gasteiger partial charge in [-0.15, -0.1) is 21.5 Å². The van der Waals surface area contributed by atoms with Crippen molar-refractivity contribution in [3.8, 4) is 11.3 Å². The second-order valence-electron chi connectivity index (χ2n) is 6.10. The van der Waals surface area contributed by atoms with E-state index in [9.17, 15) is 4.79 Å². The van der Waals surface area contributed by atoms with Crippen LogP contribution < -0.4 is 5.32 Å². The highest BCUT2D eigenvalue weighted by Gasteiger charge is 2.17. The first-order valence-corrected chi connectivity index (χ1v) is 9.11. The van der Waals surface area contributed by atoms with E-state index in [0.29, 0.717) is 22.1 Å². The van der Waals surface area contributed by atoms with Gasteiger partial charge in [0.2, 0.25) is 0 Å². The molecule has 0 saturated carbocycles. The molecule has 7 nitrogen and oxygen atoms in total. The van der Waals surface area contributed by atoms with E-state index in [1.165, 1.54) is 11.3 Å². The monoisotopic (exact) mass is 375 g/mol. The number of para-hydroxylation sites is 1. The number of aromatic nitrogens is 4. The van der Waals surface area contributed by atoms with Crippen molar-refractivity contribution in [2.75, 3.05) is 5.32 Å². The number of furan rings is 1. The summed E-state index contributed by atoms with van der Waals surface area (Å²) in [7, 11) is 0. The number of nitrogens with one attached hydrogen (secondary N) is 1. The molecule has 27 heavy (non-hydrogen) atoms. The van der Waals surface area contributed by atoms with Gasteiger partial charge >= 0.3 is 0 Å². The van der Waals surface area contributed by atoms with E-state index in [-0.39, 0.29) is 5.91 Å². The third kappa shape index (κ3) is 2.76. The standard InChI is InChI=1S/C19H13N5O2S/c1-11-9-27-19(21-11)22-18(25)14-6-13(8-24-10-20-23-17(14)24)16-7-12-4-2-3-5-15(12)26-16/h2-10H,1H3,(H,21,22,25). The Morgan fingerprint density at radius 1 is 1.26 bits per heavy atom. The SMILES string of the molecule is Cc1csc(NC(=O)c2cc(-c3cc4ccccc4o3)cn3cnnc23)n1. The number of anilines is 1. The van der Waals surface area contributed by atoms with Crippen molar-refractivity contribution in [3.63, 3.8) is 0 Å². The van der Waals surface area contributed by atoms with Crippen LogP contribution >= 0.6 is 11.3 Å². The van der Waals surface area contributed by atoms with Gasteiger partial charge in [0.25, 0.3) is 5.91 Å². The first-order valence-electron chi connectivity index (χ1n) is 8.23. The summed E-state index contributed by atoms with van der Waals surface area (Å²) in [6, 6.07) is 11.5. The summed E-state index contributed by atoms with van der Waals surface area (Å²) in [5, 5.41) is 14.2. The third-order valence-electron chi connectivity index (χ3n) is 4.19. The normalized spacial score (nSPS) is 11.3. The average molecular weight is 375 g/mol. The maximum absolute atomic E-state index is 12.8. The Morgan fingerprint density at radius 3 is 2.96 bits per heavy atom.